The Bertz CT molecular complexity index is 798. The van der Waals surface area contributed by atoms with E-state index in [1.807, 2.05) is 6.07 Å². The lowest BCUT2D eigenvalue weighted by Crippen LogP contribution is -2.16. The monoisotopic (exact) mass is 347 g/mol. The van der Waals surface area contributed by atoms with Crippen LogP contribution in [0, 0.1) is 17.1 Å². The quantitative estimate of drug-likeness (QED) is 0.896. The Morgan fingerprint density at radius 2 is 2.17 bits per heavy atom. The number of rotatable bonds is 4. The minimum Gasteiger partial charge on any atom is -0.507 e. The summed E-state index contributed by atoms with van der Waals surface area (Å²) in [5.74, 6) is -0.259. The minimum atomic E-state index is -0.527. The molecule has 1 atom stereocenters. The molecule has 1 fully saturated rings. The highest BCUT2D eigenvalue weighted by Crippen LogP contribution is 2.36. The highest BCUT2D eigenvalue weighted by Gasteiger charge is 2.18. The van der Waals surface area contributed by atoms with E-state index in [9.17, 15) is 9.50 Å². The molecule has 0 spiro atoms. The number of halogens is 2. The summed E-state index contributed by atoms with van der Waals surface area (Å²) < 4.78 is 25.4. The Balaban J connectivity index is 1.90. The fourth-order valence-electron chi connectivity index (χ4n) is 2.63. The second kappa shape index (κ2) is 7.08. The van der Waals surface area contributed by atoms with E-state index in [-0.39, 0.29) is 33.6 Å². The lowest BCUT2D eigenvalue weighted by molar-refractivity contribution is 0.0679. The van der Waals surface area contributed by atoms with E-state index in [0.717, 1.165) is 19.4 Å². The summed E-state index contributed by atoms with van der Waals surface area (Å²) in [6.07, 6.45) is 2.00. The van der Waals surface area contributed by atoms with Gasteiger partial charge in [0.1, 0.15) is 30.0 Å². The van der Waals surface area contributed by atoms with Crippen molar-refractivity contribution in [3.63, 3.8) is 0 Å². The number of nitrogens with zero attached hydrogens (tertiary/aromatic N) is 1. The molecule has 1 N–H and O–H groups in total. The second-order valence-electron chi connectivity index (χ2n) is 5.55. The molecule has 0 radical (unpaired) electrons. The molecular formula is C18H15ClFNO3. The summed E-state index contributed by atoms with van der Waals surface area (Å²) in [5.41, 5.74) is 0.496. The number of phenolic OH excluding ortho intramolecular Hbond substituents is 1. The number of ether oxygens (including phenoxy) is 2. The summed E-state index contributed by atoms with van der Waals surface area (Å²) >= 11 is 5.87. The molecule has 4 nitrogen and oxygen atoms in total. The lowest BCUT2D eigenvalue weighted by atomic mass is 10.0. The average molecular weight is 348 g/mol. The van der Waals surface area contributed by atoms with E-state index in [4.69, 9.17) is 26.3 Å². The van der Waals surface area contributed by atoms with Crippen LogP contribution >= 0.6 is 11.6 Å². The number of benzene rings is 2. The molecule has 1 heterocycles. The molecule has 24 heavy (non-hydrogen) atoms. The van der Waals surface area contributed by atoms with Gasteiger partial charge in [0.2, 0.25) is 0 Å². The van der Waals surface area contributed by atoms with E-state index >= 15 is 0 Å². The molecule has 1 unspecified atom stereocenters. The first-order valence-corrected chi connectivity index (χ1v) is 7.93. The van der Waals surface area contributed by atoms with Gasteiger partial charge in [0.15, 0.2) is 0 Å². The van der Waals surface area contributed by atoms with Crippen molar-refractivity contribution in [2.45, 2.75) is 18.9 Å². The van der Waals surface area contributed by atoms with Crippen molar-refractivity contribution >= 4 is 11.6 Å². The molecule has 2 aromatic rings. The average Bonchev–Trinajstić information content (AvgIpc) is 3.08. The molecule has 2 aromatic carbocycles. The molecule has 1 aliphatic rings. The summed E-state index contributed by atoms with van der Waals surface area (Å²) in [6.45, 7) is 1.12. The fraction of sp³-hybridized carbons (Fsp3) is 0.278. The Kier molecular flexibility index (Phi) is 4.89. The van der Waals surface area contributed by atoms with Gasteiger partial charge in [-0.05, 0) is 37.1 Å². The Labute approximate surface area is 144 Å². The fourth-order valence-corrected chi connectivity index (χ4v) is 2.83. The van der Waals surface area contributed by atoms with Crippen LogP contribution < -0.4 is 4.74 Å². The molecule has 0 aliphatic carbocycles. The van der Waals surface area contributed by atoms with Gasteiger partial charge in [-0.2, -0.15) is 5.26 Å². The van der Waals surface area contributed by atoms with Crippen LogP contribution in [0.2, 0.25) is 5.02 Å². The highest BCUT2D eigenvalue weighted by molar-refractivity contribution is 6.32. The van der Waals surface area contributed by atoms with Crippen LogP contribution in [0.25, 0.3) is 11.1 Å². The van der Waals surface area contributed by atoms with Crippen molar-refractivity contribution in [1.29, 1.82) is 5.26 Å². The van der Waals surface area contributed by atoms with Gasteiger partial charge in [0, 0.05) is 23.8 Å². The lowest BCUT2D eigenvalue weighted by Gasteiger charge is -2.13. The Hall–Kier alpha value is -2.29. The number of hydrogen-bond acceptors (Lipinski definition) is 4. The number of phenols is 1. The Morgan fingerprint density at radius 1 is 1.33 bits per heavy atom. The summed E-state index contributed by atoms with van der Waals surface area (Å²) in [7, 11) is 0. The normalized spacial score (nSPS) is 16.8. The largest absolute Gasteiger partial charge is 0.507 e. The molecule has 1 aliphatic heterocycles. The van der Waals surface area contributed by atoms with Crippen molar-refractivity contribution in [3.8, 4) is 28.7 Å². The van der Waals surface area contributed by atoms with E-state index in [1.54, 1.807) is 0 Å². The zero-order valence-corrected chi connectivity index (χ0v) is 13.5. The van der Waals surface area contributed by atoms with E-state index < -0.39 is 5.82 Å². The third-order valence-electron chi connectivity index (χ3n) is 3.89. The van der Waals surface area contributed by atoms with E-state index in [2.05, 4.69) is 0 Å². The van der Waals surface area contributed by atoms with Crippen molar-refractivity contribution in [3.05, 3.63) is 46.7 Å². The maximum absolute atomic E-state index is 14.2. The van der Waals surface area contributed by atoms with Crippen LogP contribution in [0.15, 0.2) is 30.3 Å². The van der Waals surface area contributed by atoms with Crippen LogP contribution in [-0.4, -0.2) is 24.4 Å². The standard InChI is InChI=1S/C18H15ClFNO3/c19-16-8-18(22)15(6-11(16)9-21)14-7-12(3-4-17(14)20)24-10-13-2-1-5-23-13/h3-4,6-8,13,22H,1-2,5,10H2. The molecule has 124 valence electrons. The van der Waals surface area contributed by atoms with Gasteiger partial charge in [-0.3, -0.25) is 0 Å². The van der Waals surface area contributed by atoms with Gasteiger partial charge < -0.3 is 14.6 Å². The van der Waals surface area contributed by atoms with Crippen LogP contribution in [0.4, 0.5) is 4.39 Å². The van der Waals surface area contributed by atoms with Crippen LogP contribution in [-0.2, 0) is 4.74 Å². The number of hydrogen-bond donors (Lipinski definition) is 1. The Morgan fingerprint density at radius 3 is 2.88 bits per heavy atom. The molecule has 0 aromatic heterocycles. The molecule has 1 saturated heterocycles. The molecule has 6 heteroatoms. The predicted octanol–water partition coefficient (Wildman–Crippen LogP) is 4.28. The maximum Gasteiger partial charge on any atom is 0.131 e. The smallest absolute Gasteiger partial charge is 0.131 e. The van der Waals surface area contributed by atoms with Crippen molar-refractivity contribution < 1.29 is 19.0 Å². The predicted molar refractivity (Wildman–Crippen MR) is 87.7 cm³/mol. The maximum atomic E-state index is 14.2. The molecule has 0 saturated carbocycles. The summed E-state index contributed by atoms with van der Waals surface area (Å²) in [4.78, 5) is 0. The first-order chi connectivity index (χ1) is 11.6. The van der Waals surface area contributed by atoms with Crippen molar-refractivity contribution in [1.82, 2.24) is 0 Å². The first kappa shape index (κ1) is 16.6. The van der Waals surface area contributed by atoms with Crippen molar-refractivity contribution in [2.75, 3.05) is 13.2 Å². The topological polar surface area (TPSA) is 62.5 Å². The summed E-state index contributed by atoms with van der Waals surface area (Å²) in [5, 5.41) is 19.2. The molecule has 0 bridgehead atoms. The molecule has 3 rings (SSSR count). The number of aromatic hydroxyl groups is 1. The first-order valence-electron chi connectivity index (χ1n) is 7.55. The SMILES string of the molecule is N#Cc1cc(-c2cc(OCC3CCCO3)ccc2F)c(O)cc1Cl. The van der Waals surface area contributed by atoms with Crippen LogP contribution in [0.5, 0.6) is 11.5 Å². The van der Waals surface area contributed by atoms with E-state index in [1.165, 1.54) is 30.3 Å². The second-order valence-corrected chi connectivity index (χ2v) is 5.96. The molecule has 0 amide bonds. The van der Waals surface area contributed by atoms with Gasteiger partial charge in [-0.1, -0.05) is 11.6 Å². The third-order valence-corrected chi connectivity index (χ3v) is 4.21. The van der Waals surface area contributed by atoms with Crippen LogP contribution in [0.3, 0.4) is 0 Å². The molecular weight excluding hydrogens is 333 g/mol. The minimum absolute atomic E-state index is 0.0487. The van der Waals surface area contributed by atoms with E-state index in [0.29, 0.717) is 12.4 Å². The zero-order chi connectivity index (χ0) is 17.1. The van der Waals surface area contributed by atoms with Gasteiger partial charge in [-0.15, -0.1) is 0 Å². The van der Waals surface area contributed by atoms with Crippen LogP contribution in [0.1, 0.15) is 18.4 Å². The third kappa shape index (κ3) is 3.45. The zero-order valence-electron chi connectivity index (χ0n) is 12.8. The van der Waals surface area contributed by atoms with Crippen molar-refractivity contribution in [2.24, 2.45) is 0 Å². The van der Waals surface area contributed by atoms with Gasteiger partial charge in [0.05, 0.1) is 16.7 Å². The van der Waals surface area contributed by atoms with Gasteiger partial charge in [-0.25, -0.2) is 4.39 Å². The van der Waals surface area contributed by atoms with Gasteiger partial charge in [0.25, 0.3) is 0 Å². The highest BCUT2D eigenvalue weighted by atomic mass is 35.5. The summed E-state index contributed by atoms with van der Waals surface area (Å²) in [6, 6.07) is 8.79. The number of nitriles is 1. The van der Waals surface area contributed by atoms with Gasteiger partial charge >= 0.3 is 0 Å².